The molecule has 82 valence electrons. The summed E-state index contributed by atoms with van der Waals surface area (Å²) in [5.41, 5.74) is 1.22. The van der Waals surface area contributed by atoms with E-state index >= 15 is 0 Å². The molecular formula is C15H16O. The third kappa shape index (κ3) is 2.71. The van der Waals surface area contributed by atoms with Gasteiger partial charge < -0.3 is 5.11 Å². The van der Waals surface area contributed by atoms with Gasteiger partial charge in [-0.2, -0.15) is 0 Å². The van der Waals surface area contributed by atoms with Crippen molar-refractivity contribution in [3.05, 3.63) is 54.1 Å². The van der Waals surface area contributed by atoms with E-state index in [9.17, 15) is 0 Å². The number of allylic oxidation sites excluding steroid dienone is 1. The van der Waals surface area contributed by atoms with Crippen molar-refractivity contribution in [1.29, 1.82) is 0 Å². The number of hydrogen-bond donors (Lipinski definition) is 1. The van der Waals surface area contributed by atoms with Gasteiger partial charge in [-0.3, -0.25) is 0 Å². The van der Waals surface area contributed by atoms with Gasteiger partial charge in [0.05, 0.1) is 0 Å². The lowest BCUT2D eigenvalue weighted by atomic mass is 10.1. The van der Waals surface area contributed by atoms with E-state index in [4.69, 9.17) is 5.11 Å². The minimum absolute atomic E-state index is 0.266. The molecule has 1 N–H and O–H groups in total. The van der Waals surface area contributed by atoms with Crippen LogP contribution in [-0.2, 0) is 0 Å². The Morgan fingerprint density at radius 3 is 2.62 bits per heavy atom. The zero-order valence-electron chi connectivity index (χ0n) is 9.26. The second-order valence-electron chi connectivity index (χ2n) is 3.87. The van der Waals surface area contributed by atoms with E-state index in [1.807, 2.05) is 0 Å². The van der Waals surface area contributed by atoms with Crippen molar-refractivity contribution in [3.8, 4) is 0 Å². The van der Waals surface area contributed by atoms with Crippen molar-refractivity contribution in [3.63, 3.8) is 0 Å². The molecule has 0 saturated heterocycles. The Labute approximate surface area is 96.0 Å². The third-order valence-electron chi connectivity index (χ3n) is 2.61. The molecule has 2 aromatic carbocycles. The molecule has 2 rings (SSSR count). The monoisotopic (exact) mass is 212 g/mol. The van der Waals surface area contributed by atoms with Crippen molar-refractivity contribution in [2.45, 2.75) is 12.8 Å². The lowest BCUT2D eigenvalue weighted by molar-refractivity contribution is 0.290. The molecule has 1 heteroatoms. The molecule has 1 nitrogen and oxygen atoms in total. The van der Waals surface area contributed by atoms with E-state index in [0.29, 0.717) is 0 Å². The average molecular weight is 212 g/mol. The fourth-order valence-corrected chi connectivity index (χ4v) is 1.74. The predicted octanol–water partition coefficient (Wildman–Crippen LogP) is 3.63. The predicted molar refractivity (Wildman–Crippen MR) is 69.3 cm³/mol. The lowest BCUT2D eigenvalue weighted by Crippen LogP contribution is -1.79. The maximum absolute atomic E-state index is 8.67. The Hall–Kier alpha value is -1.60. The highest BCUT2D eigenvalue weighted by Gasteiger charge is 1.92. The smallest absolute Gasteiger partial charge is 0.0433 e. The number of rotatable bonds is 4. The maximum atomic E-state index is 8.67. The normalized spacial score (nSPS) is 11.3. The third-order valence-corrected chi connectivity index (χ3v) is 2.61. The van der Waals surface area contributed by atoms with Crippen molar-refractivity contribution in [2.24, 2.45) is 0 Å². The molecule has 0 spiro atoms. The Kier molecular flexibility index (Phi) is 3.73. The molecule has 0 aliphatic rings. The molecule has 0 aliphatic heterocycles. The minimum Gasteiger partial charge on any atom is -0.396 e. The summed E-state index contributed by atoms with van der Waals surface area (Å²) in [4.78, 5) is 0. The Morgan fingerprint density at radius 2 is 1.81 bits per heavy atom. The Morgan fingerprint density at radius 1 is 1.00 bits per heavy atom. The summed E-state index contributed by atoms with van der Waals surface area (Å²) in [6, 6.07) is 14.8. The van der Waals surface area contributed by atoms with Crippen molar-refractivity contribution in [2.75, 3.05) is 6.61 Å². The van der Waals surface area contributed by atoms with Gasteiger partial charge in [-0.25, -0.2) is 0 Å². The van der Waals surface area contributed by atoms with Crippen LogP contribution in [-0.4, -0.2) is 11.7 Å². The first kappa shape index (κ1) is 10.9. The first-order chi connectivity index (χ1) is 7.90. The zero-order valence-corrected chi connectivity index (χ0v) is 9.26. The van der Waals surface area contributed by atoms with Crippen LogP contribution in [0.5, 0.6) is 0 Å². The van der Waals surface area contributed by atoms with E-state index in [2.05, 4.69) is 54.6 Å². The summed E-state index contributed by atoms with van der Waals surface area (Å²) in [5, 5.41) is 11.2. The topological polar surface area (TPSA) is 20.2 Å². The number of aliphatic hydroxyl groups is 1. The standard InChI is InChI=1S/C15H16O/c16-11-5-1-2-6-13-9-10-14-7-3-4-8-15(14)12-13/h2-4,6-10,12,16H,1,5,11H2. The van der Waals surface area contributed by atoms with E-state index in [1.54, 1.807) is 0 Å². The van der Waals surface area contributed by atoms with Gasteiger partial charge in [0.15, 0.2) is 0 Å². The highest BCUT2D eigenvalue weighted by atomic mass is 16.2. The zero-order chi connectivity index (χ0) is 11.2. The summed E-state index contributed by atoms with van der Waals surface area (Å²) >= 11 is 0. The highest BCUT2D eigenvalue weighted by Crippen LogP contribution is 2.16. The summed E-state index contributed by atoms with van der Waals surface area (Å²) in [6.07, 6.45) is 6.00. The van der Waals surface area contributed by atoms with Crippen LogP contribution in [0.15, 0.2) is 48.5 Å². The van der Waals surface area contributed by atoms with E-state index in [1.165, 1.54) is 16.3 Å². The number of hydrogen-bond acceptors (Lipinski definition) is 1. The fraction of sp³-hybridized carbons (Fsp3) is 0.200. The Bertz CT molecular complexity index is 486. The fourth-order valence-electron chi connectivity index (χ4n) is 1.74. The maximum Gasteiger partial charge on any atom is 0.0433 e. The van der Waals surface area contributed by atoms with Crippen LogP contribution in [0.2, 0.25) is 0 Å². The van der Waals surface area contributed by atoms with Crippen LogP contribution in [0.3, 0.4) is 0 Å². The molecule has 2 aromatic rings. The first-order valence-corrected chi connectivity index (χ1v) is 5.66. The molecule has 16 heavy (non-hydrogen) atoms. The molecule has 0 aromatic heterocycles. The van der Waals surface area contributed by atoms with Gasteiger partial charge in [-0.15, -0.1) is 0 Å². The SMILES string of the molecule is OCCCC=Cc1ccc2ccccc2c1. The molecule has 0 atom stereocenters. The second kappa shape index (κ2) is 5.47. The van der Waals surface area contributed by atoms with Gasteiger partial charge in [-0.05, 0) is 35.2 Å². The number of fused-ring (bicyclic) bond motifs is 1. The molecular weight excluding hydrogens is 196 g/mol. The first-order valence-electron chi connectivity index (χ1n) is 5.66. The van der Waals surface area contributed by atoms with Crippen molar-refractivity contribution >= 4 is 16.8 Å². The molecule has 0 heterocycles. The summed E-state index contributed by atoms with van der Waals surface area (Å²) < 4.78 is 0. The van der Waals surface area contributed by atoms with Gasteiger partial charge in [0.1, 0.15) is 0 Å². The summed E-state index contributed by atoms with van der Waals surface area (Å²) in [6.45, 7) is 0.266. The molecule has 0 unspecified atom stereocenters. The number of aliphatic hydroxyl groups excluding tert-OH is 1. The van der Waals surface area contributed by atoms with Crippen LogP contribution in [0.25, 0.3) is 16.8 Å². The minimum atomic E-state index is 0.266. The lowest BCUT2D eigenvalue weighted by Gasteiger charge is -1.99. The van der Waals surface area contributed by atoms with Crippen LogP contribution >= 0.6 is 0 Å². The molecule has 0 bridgehead atoms. The number of benzene rings is 2. The van der Waals surface area contributed by atoms with Gasteiger partial charge >= 0.3 is 0 Å². The van der Waals surface area contributed by atoms with Gasteiger partial charge in [-0.1, -0.05) is 48.6 Å². The largest absolute Gasteiger partial charge is 0.396 e. The van der Waals surface area contributed by atoms with Crippen molar-refractivity contribution in [1.82, 2.24) is 0 Å². The van der Waals surface area contributed by atoms with Crippen LogP contribution in [0.4, 0.5) is 0 Å². The molecule has 0 saturated carbocycles. The summed E-state index contributed by atoms with van der Waals surface area (Å²) in [7, 11) is 0. The van der Waals surface area contributed by atoms with Crippen LogP contribution < -0.4 is 0 Å². The van der Waals surface area contributed by atoms with E-state index < -0.39 is 0 Å². The number of unbranched alkanes of at least 4 members (excludes halogenated alkanes) is 1. The quantitative estimate of drug-likeness (QED) is 0.767. The van der Waals surface area contributed by atoms with E-state index in [-0.39, 0.29) is 6.61 Å². The molecule has 0 radical (unpaired) electrons. The molecule has 0 amide bonds. The summed E-state index contributed by atoms with van der Waals surface area (Å²) in [5.74, 6) is 0. The van der Waals surface area contributed by atoms with Crippen molar-refractivity contribution < 1.29 is 5.11 Å². The van der Waals surface area contributed by atoms with Crippen LogP contribution in [0, 0.1) is 0 Å². The van der Waals surface area contributed by atoms with Crippen LogP contribution in [0.1, 0.15) is 18.4 Å². The molecule has 0 aliphatic carbocycles. The van der Waals surface area contributed by atoms with E-state index in [0.717, 1.165) is 12.8 Å². The second-order valence-corrected chi connectivity index (χ2v) is 3.87. The molecule has 0 fully saturated rings. The van der Waals surface area contributed by atoms with Gasteiger partial charge in [0, 0.05) is 6.61 Å². The highest BCUT2D eigenvalue weighted by molar-refractivity contribution is 5.84. The average Bonchev–Trinajstić information content (AvgIpc) is 2.34. The Balaban J connectivity index is 2.16. The van der Waals surface area contributed by atoms with Gasteiger partial charge in [0.2, 0.25) is 0 Å². The van der Waals surface area contributed by atoms with Gasteiger partial charge in [0.25, 0.3) is 0 Å².